The van der Waals surface area contributed by atoms with Gasteiger partial charge in [-0.15, -0.1) is 11.3 Å². The number of piperidine rings is 1. The van der Waals surface area contributed by atoms with E-state index in [0.29, 0.717) is 12.1 Å². The third-order valence-corrected chi connectivity index (χ3v) is 7.28. The molecular weight excluding hydrogens is 394 g/mol. The predicted molar refractivity (Wildman–Crippen MR) is 120 cm³/mol. The number of carbonyl (C=O) groups excluding carboxylic acids is 2. The summed E-state index contributed by atoms with van der Waals surface area (Å²) in [5.41, 5.74) is 2.83. The fraction of sp³-hybridized carbons (Fsp3) is 0.542. The standard InChI is InChI=1S/C24H31N3O2S/c1-16(2)26-23(28)19-10-6-12-25-22(19)18-9-7-13-27(15-18)24(29)21-14-17-8-4-3-5-11-20(17)30-21/h6,10,12,14,16,18H,3-5,7-9,11,13,15H2,1-2H3,(H,26,28). The van der Waals surface area contributed by atoms with Crippen molar-refractivity contribution in [1.29, 1.82) is 0 Å². The molecule has 30 heavy (non-hydrogen) atoms. The van der Waals surface area contributed by atoms with Gasteiger partial charge in [0, 0.05) is 36.1 Å². The van der Waals surface area contributed by atoms with E-state index in [0.717, 1.165) is 42.8 Å². The second-order valence-corrected chi connectivity index (χ2v) is 9.91. The van der Waals surface area contributed by atoms with E-state index in [1.54, 1.807) is 17.5 Å². The molecule has 0 saturated carbocycles. The summed E-state index contributed by atoms with van der Waals surface area (Å²) in [5, 5.41) is 2.97. The molecule has 1 aliphatic heterocycles. The number of aromatic nitrogens is 1. The molecule has 2 amide bonds. The number of nitrogens with one attached hydrogen (secondary N) is 1. The first kappa shape index (κ1) is 21.0. The molecule has 4 rings (SSSR count). The molecule has 1 N–H and O–H groups in total. The Bertz CT molecular complexity index is 897. The Labute approximate surface area is 182 Å². The van der Waals surface area contributed by atoms with Crippen molar-refractivity contribution in [2.24, 2.45) is 0 Å². The molecule has 1 aliphatic carbocycles. The Kier molecular flexibility index (Phi) is 6.52. The molecule has 2 aliphatic rings. The SMILES string of the molecule is CC(C)NC(=O)c1cccnc1C1CCCN(C(=O)c2cc3c(s2)CCCCC3)C1. The van der Waals surface area contributed by atoms with Gasteiger partial charge >= 0.3 is 0 Å². The average Bonchev–Trinajstić information content (AvgIpc) is 3.03. The van der Waals surface area contributed by atoms with Gasteiger partial charge in [0.2, 0.25) is 0 Å². The highest BCUT2D eigenvalue weighted by Gasteiger charge is 2.30. The molecule has 5 nitrogen and oxygen atoms in total. The molecule has 1 fully saturated rings. The number of hydrogen-bond acceptors (Lipinski definition) is 4. The third kappa shape index (κ3) is 4.59. The molecule has 0 radical (unpaired) electrons. The van der Waals surface area contributed by atoms with Gasteiger partial charge in [0.15, 0.2) is 0 Å². The molecule has 160 valence electrons. The molecular formula is C24H31N3O2S. The van der Waals surface area contributed by atoms with E-state index in [1.807, 2.05) is 30.9 Å². The van der Waals surface area contributed by atoms with Crippen molar-refractivity contribution in [2.75, 3.05) is 13.1 Å². The van der Waals surface area contributed by atoms with Crippen LogP contribution < -0.4 is 5.32 Å². The molecule has 0 bridgehead atoms. The molecule has 2 aromatic rings. The van der Waals surface area contributed by atoms with Crippen LogP contribution in [0.5, 0.6) is 0 Å². The van der Waals surface area contributed by atoms with Gasteiger partial charge in [-0.1, -0.05) is 6.42 Å². The molecule has 2 aromatic heterocycles. The molecule has 0 aromatic carbocycles. The van der Waals surface area contributed by atoms with Crippen LogP contribution in [0, 0.1) is 0 Å². The Morgan fingerprint density at radius 1 is 1.20 bits per heavy atom. The number of carbonyl (C=O) groups is 2. The summed E-state index contributed by atoms with van der Waals surface area (Å²) >= 11 is 1.69. The second kappa shape index (κ2) is 9.29. The smallest absolute Gasteiger partial charge is 0.263 e. The zero-order chi connectivity index (χ0) is 21.1. The van der Waals surface area contributed by atoms with Crippen LogP contribution in [0.4, 0.5) is 0 Å². The average molecular weight is 426 g/mol. The lowest BCUT2D eigenvalue weighted by Crippen LogP contribution is -2.40. The van der Waals surface area contributed by atoms with E-state index in [-0.39, 0.29) is 23.8 Å². The highest BCUT2D eigenvalue weighted by atomic mass is 32.1. The van der Waals surface area contributed by atoms with Crippen LogP contribution in [-0.2, 0) is 12.8 Å². The van der Waals surface area contributed by atoms with Crippen LogP contribution in [0.25, 0.3) is 0 Å². The number of amides is 2. The summed E-state index contributed by atoms with van der Waals surface area (Å²) in [7, 11) is 0. The molecule has 1 unspecified atom stereocenters. The number of aryl methyl sites for hydroxylation is 2. The number of rotatable bonds is 4. The van der Waals surface area contributed by atoms with Gasteiger partial charge in [-0.2, -0.15) is 0 Å². The van der Waals surface area contributed by atoms with Gasteiger partial charge in [0.25, 0.3) is 11.8 Å². The van der Waals surface area contributed by atoms with E-state index in [1.165, 1.54) is 29.7 Å². The quantitative estimate of drug-likeness (QED) is 0.730. The van der Waals surface area contributed by atoms with Crippen molar-refractivity contribution >= 4 is 23.2 Å². The summed E-state index contributed by atoms with van der Waals surface area (Å²) in [6, 6.07) is 5.86. The van der Waals surface area contributed by atoms with E-state index < -0.39 is 0 Å². The number of fused-ring (bicyclic) bond motifs is 1. The van der Waals surface area contributed by atoms with Crippen LogP contribution in [-0.4, -0.2) is 40.8 Å². The zero-order valence-electron chi connectivity index (χ0n) is 17.9. The number of hydrogen-bond donors (Lipinski definition) is 1. The van der Waals surface area contributed by atoms with Crippen LogP contribution in [0.1, 0.15) is 88.0 Å². The number of likely N-dealkylation sites (tertiary alicyclic amines) is 1. The highest BCUT2D eigenvalue weighted by molar-refractivity contribution is 7.14. The normalized spacial score (nSPS) is 19.3. The zero-order valence-corrected chi connectivity index (χ0v) is 18.8. The van der Waals surface area contributed by atoms with Crippen molar-refractivity contribution in [2.45, 2.75) is 70.8 Å². The first-order valence-corrected chi connectivity index (χ1v) is 12.0. The van der Waals surface area contributed by atoms with Crippen molar-refractivity contribution in [3.63, 3.8) is 0 Å². The lowest BCUT2D eigenvalue weighted by atomic mass is 9.91. The monoisotopic (exact) mass is 425 g/mol. The van der Waals surface area contributed by atoms with Crippen molar-refractivity contribution < 1.29 is 9.59 Å². The van der Waals surface area contributed by atoms with E-state index in [4.69, 9.17) is 0 Å². The van der Waals surface area contributed by atoms with Crippen molar-refractivity contribution in [3.05, 3.63) is 51.0 Å². The summed E-state index contributed by atoms with van der Waals surface area (Å²) in [5.74, 6) is 0.148. The third-order valence-electron chi connectivity index (χ3n) is 6.06. The molecule has 1 atom stereocenters. The Morgan fingerprint density at radius 2 is 2.03 bits per heavy atom. The molecule has 3 heterocycles. The Hall–Kier alpha value is -2.21. The first-order valence-electron chi connectivity index (χ1n) is 11.2. The molecule has 1 saturated heterocycles. The minimum atomic E-state index is -0.0847. The minimum absolute atomic E-state index is 0.0732. The highest BCUT2D eigenvalue weighted by Crippen LogP contribution is 2.32. The summed E-state index contributed by atoms with van der Waals surface area (Å²) < 4.78 is 0. The van der Waals surface area contributed by atoms with Crippen LogP contribution in [0.15, 0.2) is 24.4 Å². The predicted octanol–water partition coefficient (Wildman–Crippen LogP) is 4.57. The summed E-state index contributed by atoms with van der Waals surface area (Å²) in [6.45, 7) is 5.31. The van der Waals surface area contributed by atoms with Crippen molar-refractivity contribution in [1.82, 2.24) is 15.2 Å². The number of pyridine rings is 1. The van der Waals surface area contributed by atoms with Crippen molar-refractivity contribution in [3.8, 4) is 0 Å². The topological polar surface area (TPSA) is 62.3 Å². The fourth-order valence-corrected chi connectivity index (χ4v) is 5.81. The number of thiophene rings is 1. The van der Waals surface area contributed by atoms with Crippen LogP contribution >= 0.6 is 11.3 Å². The van der Waals surface area contributed by atoms with E-state index in [9.17, 15) is 9.59 Å². The van der Waals surface area contributed by atoms with Crippen LogP contribution in [0.2, 0.25) is 0 Å². The summed E-state index contributed by atoms with van der Waals surface area (Å²) in [4.78, 5) is 34.8. The van der Waals surface area contributed by atoms with Gasteiger partial charge in [0.1, 0.15) is 0 Å². The molecule has 0 spiro atoms. The Balaban J connectivity index is 1.52. The van der Waals surface area contributed by atoms with Gasteiger partial charge in [-0.3, -0.25) is 14.6 Å². The van der Waals surface area contributed by atoms with Gasteiger partial charge in [-0.05, 0) is 76.1 Å². The van der Waals surface area contributed by atoms with Gasteiger partial charge in [-0.25, -0.2) is 0 Å². The largest absolute Gasteiger partial charge is 0.350 e. The second-order valence-electron chi connectivity index (χ2n) is 8.77. The van der Waals surface area contributed by atoms with Crippen LogP contribution in [0.3, 0.4) is 0 Å². The maximum atomic E-state index is 13.3. The maximum Gasteiger partial charge on any atom is 0.263 e. The Morgan fingerprint density at radius 3 is 2.87 bits per heavy atom. The molecule has 6 heteroatoms. The van der Waals surface area contributed by atoms with E-state index in [2.05, 4.69) is 16.4 Å². The maximum absolute atomic E-state index is 13.3. The number of nitrogens with zero attached hydrogens (tertiary/aromatic N) is 2. The lowest BCUT2D eigenvalue weighted by Gasteiger charge is -2.33. The van der Waals surface area contributed by atoms with E-state index >= 15 is 0 Å². The fourth-order valence-electron chi connectivity index (χ4n) is 4.59. The lowest BCUT2D eigenvalue weighted by molar-refractivity contribution is 0.0710. The minimum Gasteiger partial charge on any atom is -0.350 e. The van der Waals surface area contributed by atoms with Gasteiger partial charge < -0.3 is 10.2 Å². The first-order chi connectivity index (χ1) is 14.5. The van der Waals surface area contributed by atoms with Gasteiger partial charge in [0.05, 0.1) is 16.1 Å². The summed E-state index contributed by atoms with van der Waals surface area (Å²) in [6.07, 6.45) is 9.58.